The number of sulfonamides is 1. The maximum atomic E-state index is 12.7. The molecule has 0 aromatic heterocycles. The van der Waals surface area contributed by atoms with Crippen LogP contribution in [0.5, 0.6) is 0 Å². The number of hydrogen-bond acceptors (Lipinski definition) is 4. The molecule has 134 valence electrons. The zero-order valence-corrected chi connectivity index (χ0v) is 16.3. The normalized spacial score (nSPS) is 12.6. The van der Waals surface area contributed by atoms with Crippen molar-refractivity contribution >= 4 is 33.4 Å². The molecule has 25 heavy (non-hydrogen) atoms. The lowest BCUT2D eigenvalue weighted by Gasteiger charge is -2.16. The highest BCUT2D eigenvalue weighted by Gasteiger charge is 2.20. The molecule has 2 rings (SSSR count). The first-order valence-electron chi connectivity index (χ1n) is 7.77. The van der Waals surface area contributed by atoms with E-state index < -0.39 is 10.0 Å². The van der Waals surface area contributed by atoms with Crippen molar-refractivity contribution in [2.75, 3.05) is 11.6 Å². The van der Waals surface area contributed by atoms with Crippen molar-refractivity contribution in [2.24, 2.45) is 0 Å². The second-order valence-corrected chi connectivity index (χ2v) is 8.36. The van der Waals surface area contributed by atoms with E-state index in [1.807, 2.05) is 37.4 Å². The maximum absolute atomic E-state index is 12.7. The Labute approximate surface area is 153 Å². The summed E-state index contributed by atoms with van der Waals surface area (Å²) in [5, 5.41) is 2.68. The first-order chi connectivity index (χ1) is 11.7. The third-order valence-electron chi connectivity index (χ3n) is 3.70. The van der Waals surface area contributed by atoms with Gasteiger partial charge in [0.1, 0.15) is 0 Å². The first kappa shape index (κ1) is 19.5. The molecule has 7 heteroatoms. The summed E-state index contributed by atoms with van der Waals surface area (Å²) in [4.78, 5) is 12.3. The molecular weight excluding hydrogens is 356 g/mol. The lowest BCUT2D eigenvalue weighted by molar-refractivity contribution is -0.114. The Kier molecular flexibility index (Phi) is 6.26. The molecule has 1 amide bonds. The molecule has 0 radical (unpaired) electrons. The molecule has 0 heterocycles. The van der Waals surface area contributed by atoms with E-state index in [0.717, 1.165) is 16.0 Å². The molecule has 2 aromatic rings. The van der Waals surface area contributed by atoms with Gasteiger partial charge in [0.15, 0.2) is 0 Å². The number of anilines is 1. The van der Waals surface area contributed by atoms with Gasteiger partial charge >= 0.3 is 0 Å². The Bertz CT molecular complexity index is 862. The van der Waals surface area contributed by atoms with Crippen LogP contribution in [-0.2, 0) is 14.8 Å². The SMILES string of the molecule is CSc1ccc(S(=O)(=O)N[C@@H](C)c2ccc(C)cc2)cc1NC(C)=O. The predicted molar refractivity (Wildman–Crippen MR) is 102 cm³/mol. The summed E-state index contributed by atoms with van der Waals surface area (Å²) in [5.41, 5.74) is 2.49. The molecule has 0 spiro atoms. The molecule has 2 N–H and O–H groups in total. The van der Waals surface area contributed by atoms with Gasteiger partial charge in [-0.15, -0.1) is 11.8 Å². The van der Waals surface area contributed by atoms with Crippen LogP contribution in [0.4, 0.5) is 5.69 Å². The van der Waals surface area contributed by atoms with E-state index in [1.54, 1.807) is 19.1 Å². The number of carbonyl (C=O) groups excluding carboxylic acids is 1. The molecule has 0 bridgehead atoms. The van der Waals surface area contributed by atoms with Crippen LogP contribution < -0.4 is 10.0 Å². The van der Waals surface area contributed by atoms with Crippen LogP contribution in [0.3, 0.4) is 0 Å². The number of nitrogens with one attached hydrogen (secondary N) is 2. The summed E-state index contributed by atoms with van der Waals surface area (Å²) < 4.78 is 28.1. The fourth-order valence-corrected chi connectivity index (χ4v) is 4.16. The van der Waals surface area contributed by atoms with Crippen molar-refractivity contribution < 1.29 is 13.2 Å². The van der Waals surface area contributed by atoms with Gasteiger partial charge in [-0.05, 0) is 43.9 Å². The van der Waals surface area contributed by atoms with Crippen molar-refractivity contribution in [3.63, 3.8) is 0 Å². The van der Waals surface area contributed by atoms with E-state index in [0.29, 0.717) is 5.69 Å². The number of benzene rings is 2. The number of aryl methyl sites for hydroxylation is 1. The van der Waals surface area contributed by atoms with Gasteiger partial charge < -0.3 is 5.32 Å². The highest BCUT2D eigenvalue weighted by atomic mass is 32.2. The van der Waals surface area contributed by atoms with Crippen LogP contribution in [0.2, 0.25) is 0 Å². The summed E-state index contributed by atoms with van der Waals surface area (Å²) >= 11 is 1.44. The summed E-state index contributed by atoms with van der Waals surface area (Å²) in [7, 11) is -3.71. The monoisotopic (exact) mass is 378 g/mol. The van der Waals surface area contributed by atoms with Gasteiger partial charge in [-0.25, -0.2) is 13.1 Å². The first-order valence-corrected chi connectivity index (χ1v) is 10.5. The molecule has 0 saturated heterocycles. The number of rotatable bonds is 6. The summed E-state index contributed by atoms with van der Waals surface area (Å²) in [6.07, 6.45) is 1.87. The fraction of sp³-hybridized carbons (Fsp3) is 0.278. The minimum absolute atomic E-state index is 0.119. The Balaban J connectivity index is 2.29. The number of carbonyl (C=O) groups is 1. The van der Waals surface area contributed by atoms with Crippen molar-refractivity contribution in [3.05, 3.63) is 53.6 Å². The topological polar surface area (TPSA) is 75.3 Å². The van der Waals surface area contributed by atoms with Crippen molar-refractivity contribution in [3.8, 4) is 0 Å². The van der Waals surface area contributed by atoms with Crippen LogP contribution in [-0.4, -0.2) is 20.6 Å². The van der Waals surface area contributed by atoms with Crippen molar-refractivity contribution in [2.45, 2.75) is 36.6 Å². The third-order valence-corrected chi connectivity index (χ3v) is 6.04. The largest absolute Gasteiger partial charge is 0.325 e. The second kappa shape index (κ2) is 8.03. The van der Waals surface area contributed by atoms with Crippen LogP contribution in [0, 0.1) is 6.92 Å². The number of hydrogen-bond donors (Lipinski definition) is 2. The van der Waals surface area contributed by atoms with E-state index in [2.05, 4.69) is 10.0 Å². The van der Waals surface area contributed by atoms with Gasteiger partial charge in [-0.2, -0.15) is 0 Å². The minimum Gasteiger partial charge on any atom is -0.325 e. The zero-order chi connectivity index (χ0) is 18.6. The van der Waals surface area contributed by atoms with Gasteiger partial charge in [0.05, 0.1) is 10.6 Å². The molecule has 0 unspecified atom stereocenters. The van der Waals surface area contributed by atoms with Crippen LogP contribution >= 0.6 is 11.8 Å². The zero-order valence-electron chi connectivity index (χ0n) is 14.7. The van der Waals surface area contributed by atoms with Gasteiger partial charge in [-0.1, -0.05) is 29.8 Å². The van der Waals surface area contributed by atoms with Gasteiger partial charge in [-0.3, -0.25) is 4.79 Å². The van der Waals surface area contributed by atoms with Crippen molar-refractivity contribution in [1.29, 1.82) is 0 Å². The van der Waals surface area contributed by atoms with E-state index in [1.165, 1.54) is 24.8 Å². The average molecular weight is 379 g/mol. The number of thioether (sulfide) groups is 1. The van der Waals surface area contributed by atoms with E-state index in [9.17, 15) is 13.2 Å². The van der Waals surface area contributed by atoms with Crippen molar-refractivity contribution in [1.82, 2.24) is 4.72 Å². The molecule has 0 aliphatic rings. The van der Waals surface area contributed by atoms with E-state index in [-0.39, 0.29) is 16.8 Å². The number of amides is 1. The highest BCUT2D eigenvalue weighted by Crippen LogP contribution is 2.28. The molecule has 0 aliphatic carbocycles. The second-order valence-electron chi connectivity index (χ2n) is 5.80. The molecule has 1 atom stereocenters. The van der Waals surface area contributed by atoms with Crippen LogP contribution in [0.15, 0.2) is 52.3 Å². The quantitative estimate of drug-likeness (QED) is 0.751. The van der Waals surface area contributed by atoms with Crippen LogP contribution in [0.1, 0.15) is 31.0 Å². The van der Waals surface area contributed by atoms with Gasteiger partial charge in [0.25, 0.3) is 0 Å². The lowest BCUT2D eigenvalue weighted by atomic mass is 10.1. The average Bonchev–Trinajstić information content (AvgIpc) is 2.54. The van der Waals surface area contributed by atoms with Crippen LogP contribution in [0.25, 0.3) is 0 Å². The molecule has 5 nitrogen and oxygen atoms in total. The van der Waals surface area contributed by atoms with E-state index in [4.69, 9.17) is 0 Å². The van der Waals surface area contributed by atoms with Gasteiger partial charge in [0, 0.05) is 17.9 Å². The summed E-state index contributed by atoms with van der Waals surface area (Å²) in [6.45, 7) is 5.17. The Hall–Kier alpha value is -1.83. The Morgan fingerprint density at radius 3 is 2.32 bits per heavy atom. The predicted octanol–water partition coefficient (Wildman–Crippen LogP) is 3.71. The maximum Gasteiger partial charge on any atom is 0.241 e. The molecule has 2 aromatic carbocycles. The standard InChI is InChI=1S/C18H22N2O3S2/c1-12-5-7-15(8-6-12)13(2)20-25(22,23)16-9-10-18(24-4)17(11-16)19-14(3)21/h5-11,13,20H,1-4H3,(H,19,21)/t13-/m0/s1. The smallest absolute Gasteiger partial charge is 0.241 e. The molecule has 0 saturated carbocycles. The summed E-state index contributed by atoms with van der Waals surface area (Å²) in [5.74, 6) is -0.245. The Morgan fingerprint density at radius 2 is 1.76 bits per heavy atom. The molecular formula is C18H22N2O3S2. The minimum atomic E-state index is -3.71. The fourth-order valence-electron chi connectivity index (χ4n) is 2.37. The summed E-state index contributed by atoms with van der Waals surface area (Å²) in [6, 6.07) is 12.1. The lowest BCUT2D eigenvalue weighted by Crippen LogP contribution is -2.27. The third kappa shape index (κ3) is 5.07. The van der Waals surface area contributed by atoms with Gasteiger partial charge in [0.2, 0.25) is 15.9 Å². The van der Waals surface area contributed by atoms with E-state index >= 15 is 0 Å². The molecule has 0 aliphatic heterocycles. The Morgan fingerprint density at radius 1 is 1.12 bits per heavy atom. The highest BCUT2D eigenvalue weighted by molar-refractivity contribution is 7.98. The molecule has 0 fully saturated rings.